The van der Waals surface area contributed by atoms with Crippen LogP contribution in [-0.2, 0) is 0 Å². The maximum Gasteiger partial charge on any atom is 0.137 e. The van der Waals surface area contributed by atoms with Gasteiger partial charge in [0, 0.05) is 0 Å². The minimum absolute atomic E-state index is 1.20. The largest absolute Gasteiger partial charge is 0.137 e. The van der Waals surface area contributed by atoms with Gasteiger partial charge in [-0.3, -0.25) is 0 Å². The average Bonchev–Trinajstić information content (AvgIpc) is 2.58. The first-order chi connectivity index (χ1) is 12.0. The normalized spacial score (nSPS) is 14.0. The zero-order valence-corrected chi connectivity index (χ0v) is 20.5. The van der Waals surface area contributed by atoms with Crippen LogP contribution in [0, 0.1) is 0 Å². The highest BCUT2D eigenvalue weighted by Crippen LogP contribution is 2.26. The quantitative estimate of drug-likeness (QED) is 0.438. The number of allylic oxidation sites excluding steroid dienone is 2. The second-order valence-corrected chi connectivity index (χ2v) is 24.0. The van der Waals surface area contributed by atoms with Crippen LogP contribution in [0.3, 0.4) is 0 Å². The van der Waals surface area contributed by atoms with Crippen molar-refractivity contribution in [2.75, 3.05) is 0 Å². The van der Waals surface area contributed by atoms with Gasteiger partial charge in [-0.05, 0) is 0 Å². The molecule has 0 unspecified atom stereocenters. The van der Waals surface area contributed by atoms with E-state index in [-0.39, 0.29) is 0 Å². The lowest BCUT2D eigenvalue weighted by molar-refractivity contribution is 1.63. The Kier molecular flexibility index (Phi) is 6.48. The van der Waals surface area contributed by atoms with E-state index in [1.807, 2.05) is 0 Å². The van der Waals surface area contributed by atoms with Crippen LogP contribution in [0.4, 0.5) is 0 Å². The van der Waals surface area contributed by atoms with Crippen LogP contribution in [0.5, 0.6) is 0 Å². The van der Waals surface area contributed by atoms with Gasteiger partial charge in [0.2, 0.25) is 0 Å². The van der Waals surface area contributed by atoms with Crippen molar-refractivity contribution >= 4 is 34.6 Å². The molecule has 0 aromatic heterocycles. The lowest BCUT2D eigenvalue weighted by Crippen LogP contribution is -2.62. The Balaban J connectivity index is 2.72. The van der Waals surface area contributed by atoms with E-state index in [4.69, 9.17) is 0 Å². The molecule has 0 amide bonds. The molecule has 0 fully saturated rings. The van der Waals surface area contributed by atoms with Crippen LogP contribution in [0.1, 0.15) is 0 Å². The molecule has 0 saturated heterocycles. The Labute approximate surface area is 163 Å². The van der Waals surface area contributed by atoms with Crippen LogP contribution >= 0.6 is 0 Å². The molecule has 138 valence electrons. The first-order valence-corrected chi connectivity index (χ1v) is 19.1. The van der Waals surface area contributed by atoms with E-state index in [0.29, 0.717) is 0 Å². The molecule has 26 heavy (non-hydrogen) atoms. The van der Waals surface area contributed by atoms with Crippen molar-refractivity contribution in [2.24, 2.45) is 0 Å². The van der Waals surface area contributed by atoms with Gasteiger partial charge >= 0.3 is 0 Å². The Hall–Kier alpha value is -1.43. The van der Waals surface area contributed by atoms with Crippen molar-refractivity contribution < 1.29 is 0 Å². The van der Waals surface area contributed by atoms with Crippen LogP contribution < -0.4 is 10.4 Å². The van der Waals surface area contributed by atoms with Crippen molar-refractivity contribution in [3.8, 4) is 0 Å². The van der Waals surface area contributed by atoms with E-state index in [9.17, 15) is 0 Å². The summed E-state index contributed by atoms with van der Waals surface area (Å²) in [4.78, 5) is 1.72. The minimum atomic E-state index is -1.98. The fraction of sp³-hybridized carbons (Fsp3) is 0.304. The van der Waals surface area contributed by atoms with E-state index in [0.717, 1.165) is 0 Å². The average molecular weight is 395 g/mol. The molecular formula is C23H34Si3. The van der Waals surface area contributed by atoms with E-state index in [1.165, 1.54) is 10.4 Å². The van der Waals surface area contributed by atoms with Crippen LogP contribution in [-0.4, -0.2) is 24.2 Å². The van der Waals surface area contributed by atoms with Crippen molar-refractivity contribution in [1.29, 1.82) is 0 Å². The summed E-state index contributed by atoms with van der Waals surface area (Å²) in [5.74, 6) is 0. The number of hydrogen-bond acceptors (Lipinski definition) is 0. The summed E-state index contributed by atoms with van der Waals surface area (Å²) in [6.45, 7) is 17.2. The summed E-state index contributed by atoms with van der Waals surface area (Å²) in [7, 11) is -4.67. The molecule has 0 N–H and O–H groups in total. The molecule has 0 nitrogen and oxygen atoms in total. The summed E-state index contributed by atoms with van der Waals surface area (Å²) >= 11 is 0. The van der Waals surface area contributed by atoms with Crippen LogP contribution in [0.25, 0.3) is 0 Å². The van der Waals surface area contributed by atoms with E-state index in [1.54, 1.807) is 4.82 Å². The summed E-state index contributed by atoms with van der Waals surface area (Å²) in [6.07, 6.45) is 4.87. The van der Waals surface area contributed by atoms with Gasteiger partial charge in [-0.15, -0.1) is 0 Å². The van der Waals surface area contributed by atoms with Gasteiger partial charge in [-0.2, -0.15) is 0 Å². The van der Waals surface area contributed by atoms with Gasteiger partial charge < -0.3 is 0 Å². The molecule has 0 aliphatic carbocycles. The topological polar surface area (TPSA) is 0 Å². The summed E-state index contributed by atoms with van der Waals surface area (Å²) in [6, 6.07) is 22.4. The number of benzene rings is 2. The van der Waals surface area contributed by atoms with Crippen molar-refractivity contribution in [1.82, 2.24) is 0 Å². The van der Waals surface area contributed by atoms with Gasteiger partial charge in [-0.1, -0.05) is 140 Å². The first-order valence-electron chi connectivity index (χ1n) is 9.57. The second kappa shape index (κ2) is 8.07. The van der Waals surface area contributed by atoms with Gasteiger partial charge in [0.05, 0.1) is 16.1 Å². The standard InChI is InChI=1S/C23H34Si3/c1-24(2,3)20-14-19-23(25(4,5)6)26(7,21-15-10-8-11-16-21)22-17-12-9-13-18-22/h8-20H,1-7H3/b20-14+,23-19+. The zero-order valence-electron chi connectivity index (χ0n) is 17.5. The highest BCUT2D eigenvalue weighted by Gasteiger charge is 2.41. The minimum Gasteiger partial charge on any atom is -0.0950 e. The predicted octanol–water partition coefficient (Wildman–Crippen LogP) is 5.66. The summed E-state index contributed by atoms with van der Waals surface area (Å²) in [5, 5.41) is 3.03. The van der Waals surface area contributed by atoms with E-state index < -0.39 is 24.2 Å². The lowest BCUT2D eigenvalue weighted by Gasteiger charge is -2.38. The third-order valence-corrected chi connectivity index (χ3v) is 15.9. The Morgan fingerprint density at radius 3 is 1.42 bits per heavy atom. The first kappa shape index (κ1) is 20.9. The van der Waals surface area contributed by atoms with Crippen LogP contribution in [0.2, 0.25) is 45.8 Å². The number of rotatable bonds is 6. The molecule has 0 heterocycles. The van der Waals surface area contributed by atoms with Gasteiger partial charge in [0.25, 0.3) is 0 Å². The van der Waals surface area contributed by atoms with E-state index >= 15 is 0 Å². The molecule has 0 aliphatic heterocycles. The van der Waals surface area contributed by atoms with Crippen molar-refractivity contribution in [3.05, 3.63) is 83.3 Å². The molecule has 2 aromatic carbocycles. The lowest BCUT2D eigenvalue weighted by atomic mass is 10.4. The molecule has 0 radical (unpaired) electrons. The maximum absolute atomic E-state index is 2.55. The Morgan fingerprint density at radius 2 is 1.08 bits per heavy atom. The van der Waals surface area contributed by atoms with E-state index in [2.05, 4.69) is 124 Å². The van der Waals surface area contributed by atoms with Crippen LogP contribution in [0.15, 0.2) is 83.3 Å². The Bertz CT molecular complexity index is 721. The second-order valence-electron chi connectivity index (χ2n) is 9.41. The fourth-order valence-electron chi connectivity index (χ4n) is 3.62. The molecule has 2 rings (SSSR count). The summed E-state index contributed by atoms with van der Waals surface area (Å²) < 4.78 is 0. The molecular weight excluding hydrogens is 361 g/mol. The molecule has 0 aliphatic rings. The molecule has 0 saturated carbocycles. The summed E-state index contributed by atoms with van der Waals surface area (Å²) in [5.41, 5.74) is 2.47. The highest BCUT2D eigenvalue weighted by molar-refractivity contribution is 7.17. The predicted molar refractivity (Wildman–Crippen MR) is 128 cm³/mol. The third kappa shape index (κ3) is 5.06. The third-order valence-electron chi connectivity index (χ3n) is 4.91. The highest BCUT2D eigenvalue weighted by atomic mass is 28.4. The van der Waals surface area contributed by atoms with Crippen molar-refractivity contribution in [3.63, 3.8) is 0 Å². The monoisotopic (exact) mass is 394 g/mol. The maximum atomic E-state index is 2.55. The zero-order chi connectivity index (χ0) is 19.4. The molecule has 0 atom stereocenters. The smallest absolute Gasteiger partial charge is 0.0950 e. The Morgan fingerprint density at radius 1 is 0.654 bits per heavy atom. The molecule has 0 bridgehead atoms. The number of hydrogen-bond donors (Lipinski definition) is 0. The molecule has 3 heteroatoms. The van der Waals surface area contributed by atoms with Gasteiger partial charge in [-0.25, -0.2) is 0 Å². The SMILES string of the molecule is C[Si](C)(C)/C=C/C=C(\[Si](C)(C)C)[Si](C)(c1ccccc1)c1ccccc1. The van der Waals surface area contributed by atoms with Gasteiger partial charge in [0.1, 0.15) is 8.07 Å². The molecule has 2 aromatic rings. The fourth-order valence-corrected chi connectivity index (χ4v) is 14.9. The van der Waals surface area contributed by atoms with Crippen molar-refractivity contribution in [2.45, 2.75) is 45.8 Å². The van der Waals surface area contributed by atoms with Gasteiger partial charge in [0.15, 0.2) is 0 Å². The molecule has 0 spiro atoms.